The molecule has 1 aromatic carbocycles. The Morgan fingerprint density at radius 1 is 1.44 bits per heavy atom. The van der Waals surface area contributed by atoms with E-state index in [-0.39, 0.29) is 5.56 Å². The van der Waals surface area contributed by atoms with Crippen molar-refractivity contribution in [3.05, 3.63) is 35.4 Å². The highest BCUT2D eigenvalue weighted by Crippen LogP contribution is 2.43. The van der Waals surface area contributed by atoms with Gasteiger partial charge in [-0.05, 0) is 44.9 Å². The first-order valence-corrected chi connectivity index (χ1v) is 5.80. The topological polar surface area (TPSA) is 40.5 Å². The fourth-order valence-corrected chi connectivity index (χ4v) is 2.62. The van der Waals surface area contributed by atoms with Gasteiger partial charge in [0.05, 0.1) is 6.04 Å². The molecule has 1 N–H and O–H groups in total. The maximum absolute atomic E-state index is 13.7. The van der Waals surface area contributed by atoms with E-state index < -0.39 is 29.3 Å². The zero-order valence-corrected chi connectivity index (χ0v) is 10.3. The minimum atomic E-state index is -1.11. The van der Waals surface area contributed by atoms with Crippen LogP contribution in [0.4, 0.5) is 13.6 Å². The van der Waals surface area contributed by atoms with E-state index in [1.165, 1.54) is 4.90 Å². The molecular weight excluding hydrogens is 240 g/mol. The predicted octanol–water partition coefficient (Wildman–Crippen LogP) is 3.56. The summed E-state index contributed by atoms with van der Waals surface area (Å²) in [7, 11) is 0. The quantitative estimate of drug-likeness (QED) is 0.833. The minimum Gasteiger partial charge on any atom is -0.465 e. The molecule has 1 aliphatic heterocycles. The van der Waals surface area contributed by atoms with Crippen molar-refractivity contribution in [2.75, 3.05) is 0 Å². The molecule has 2 rings (SSSR count). The second kappa shape index (κ2) is 4.23. The van der Waals surface area contributed by atoms with E-state index in [4.69, 9.17) is 0 Å². The van der Waals surface area contributed by atoms with E-state index in [1.807, 2.05) is 0 Å². The Labute approximate surface area is 104 Å². The lowest BCUT2D eigenvalue weighted by atomic mass is 10.0. The van der Waals surface area contributed by atoms with Gasteiger partial charge in [0, 0.05) is 11.1 Å². The molecule has 0 spiro atoms. The molecule has 1 fully saturated rings. The number of amides is 1. The van der Waals surface area contributed by atoms with Gasteiger partial charge in [0.25, 0.3) is 0 Å². The van der Waals surface area contributed by atoms with Crippen LogP contribution in [0.2, 0.25) is 0 Å². The average Bonchev–Trinajstić information content (AvgIpc) is 2.57. The van der Waals surface area contributed by atoms with E-state index in [2.05, 4.69) is 0 Å². The Morgan fingerprint density at radius 2 is 2.11 bits per heavy atom. The first-order chi connectivity index (χ1) is 8.33. The molecule has 3 nitrogen and oxygen atoms in total. The molecule has 0 unspecified atom stereocenters. The van der Waals surface area contributed by atoms with Crippen molar-refractivity contribution in [1.82, 2.24) is 4.90 Å². The van der Waals surface area contributed by atoms with Gasteiger partial charge in [-0.25, -0.2) is 13.6 Å². The standard InChI is InChI=1S/C13H15F2NO2/c1-13(2)6-5-11(16(13)12(17)18)9-7-8(14)3-4-10(9)15/h3-4,7,11H,5-6H2,1-2H3,(H,17,18)/t11-/m1/s1. The normalized spacial score (nSPS) is 22.2. The van der Waals surface area contributed by atoms with Gasteiger partial charge in [-0.2, -0.15) is 0 Å². The molecule has 1 aliphatic rings. The highest BCUT2D eigenvalue weighted by Gasteiger charge is 2.44. The molecular formula is C13H15F2NO2. The van der Waals surface area contributed by atoms with Gasteiger partial charge in [-0.1, -0.05) is 0 Å². The van der Waals surface area contributed by atoms with Gasteiger partial charge < -0.3 is 5.11 Å². The second-order valence-electron chi connectivity index (χ2n) is 5.19. The maximum Gasteiger partial charge on any atom is 0.408 e. The van der Waals surface area contributed by atoms with Gasteiger partial charge in [0.2, 0.25) is 0 Å². The Kier molecular flexibility index (Phi) is 3.00. The largest absolute Gasteiger partial charge is 0.465 e. The number of benzene rings is 1. The lowest BCUT2D eigenvalue weighted by molar-refractivity contribution is 0.0950. The van der Waals surface area contributed by atoms with Crippen molar-refractivity contribution in [2.45, 2.75) is 38.3 Å². The van der Waals surface area contributed by atoms with Crippen molar-refractivity contribution >= 4 is 6.09 Å². The molecule has 0 aliphatic carbocycles. The zero-order chi connectivity index (χ0) is 13.5. The summed E-state index contributed by atoms with van der Waals surface area (Å²) in [5.74, 6) is -1.12. The zero-order valence-electron chi connectivity index (χ0n) is 10.3. The van der Waals surface area contributed by atoms with Crippen LogP contribution >= 0.6 is 0 Å². The van der Waals surface area contributed by atoms with Crippen LogP contribution in [0.5, 0.6) is 0 Å². The smallest absolute Gasteiger partial charge is 0.408 e. The SMILES string of the molecule is CC1(C)CC[C@H](c2cc(F)ccc2F)N1C(=O)O. The summed E-state index contributed by atoms with van der Waals surface area (Å²) in [5, 5.41) is 9.25. The van der Waals surface area contributed by atoms with Crippen LogP contribution < -0.4 is 0 Å². The molecule has 0 saturated carbocycles. The third-order valence-electron chi connectivity index (χ3n) is 3.52. The first-order valence-electron chi connectivity index (χ1n) is 5.80. The summed E-state index contributed by atoms with van der Waals surface area (Å²) in [6, 6.07) is 2.53. The summed E-state index contributed by atoms with van der Waals surface area (Å²) < 4.78 is 26.9. The van der Waals surface area contributed by atoms with Crippen molar-refractivity contribution < 1.29 is 18.7 Å². The minimum absolute atomic E-state index is 0.114. The maximum atomic E-state index is 13.7. The van der Waals surface area contributed by atoms with Gasteiger partial charge in [0.15, 0.2) is 0 Å². The number of likely N-dealkylation sites (tertiary alicyclic amines) is 1. The summed E-state index contributed by atoms with van der Waals surface area (Å²) >= 11 is 0. The number of rotatable bonds is 1. The summed E-state index contributed by atoms with van der Waals surface area (Å²) in [6.07, 6.45) is 0.0192. The van der Waals surface area contributed by atoms with E-state index in [0.717, 1.165) is 18.2 Å². The molecule has 1 aromatic rings. The van der Waals surface area contributed by atoms with E-state index in [0.29, 0.717) is 12.8 Å². The van der Waals surface area contributed by atoms with Crippen LogP contribution in [0.3, 0.4) is 0 Å². The number of halogens is 2. The molecule has 1 atom stereocenters. The third kappa shape index (κ3) is 2.05. The molecule has 1 saturated heterocycles. The Balaban J connectivity index is 2.44. The van der Waals surface area contributed by atoms with Gasteiger partial charge in [0.1, 0.15) is 11.6 Å². The van der Waals surface area contributed by atoms with Crippen LogP contribution in [-0.4, -0.2) is 21.6 Å². The van der Waals surface area contributed by atoms with Crippen molar-refractivity contribution in [1.29, 1.82) is 0 Å². The lowest BCUT2D eigenvalue weighted by Gasteiger charge is -2.33. The highest BCUT2D eigenvalue weighted by atomic mass is 19.1. The monoisotopic (exact) mass is 255 g/mol. The molecule has 0 aromatic heterocycles. The number of carbonyl (C=O) groups is 1. The summed E-state index contributed by atoms with van der Waals surface area (Å²) in [4.78, 5) is 12.5. The molecule has 5 heteroatoms. The second-order valence-corrected chi connectivity index (χ2v) is 5.19. The van der Waals surface area contributed by atoms with Gasteiger partial charge >= 0.3 is 6.09 Å². The van der Waals surface area contributed by atoms with E-state index in [9.17, 15) is 18.7 Å². The van der Waals surface area contributed by atoms with Crippen molar-refractivity contribution in [2.24, 2.45) is 0 Å². The molecule has 1 amide bonds. The van der Waals surface area contributed by atoms with Gasteiger partial charge in [-0.3, -0.25) is 4.90 Å². The number of hydrogen-bond acceptors (Lipinski definition) is 1. The predicted molar refractivity (Wildman–Crippen MR) is 62.3 cm³/mol. The molecule has 1 heterocycles. The Bertz CT molecular complexity index is 488. The van der Waals surface area contributed by atoms with Crippen LogP contribution in [-0.2, 0) is 0 Å². The molecule has 0 radical (unpaired) electrons. The third-order valence-corrected chi connectivity index (χ3v) is 3.52. The number of nitrogens with zero attached hydrogens (tertiary/aromatic N) is 1. The van der Waals surface area contributed by atoms with E-state index in [1.54, 1.807) is 13.8 Å². The summed E-state index contributed by atoms with van der Waals surface area (Å²) in [6.45, 7) is 3.58. The number of carboxylic acid groups (broad SMARTS) is 1. The van der Waals surface area contributed by atoms with Crippen LogP contribution in [0.15, 0.2) is 18.2 Å². The summed E-state index contributed by atoms with van der Waals surface area (Å²) in [5.41, 5.74) is -0.446. The van der Waals surface area contributed by atoms with Crippen molar-refractivity contribution in [3.8, 4) is 0 Å². The lowest BCUT2D eigenvalue weighted by Crippen LogP contribution is -2.43. The highest BCUT2D eigenvalue weighted by molar-refractivity contribution is 5.67. The van der Waals surface area contributed by atoms with Crippen molar-refractivity contribution in [3.63, 3.8) is 0 Å². The number of hydrogen-bond donors (Lipinski definition) is 1. The average molecular weight is 255 g/mol. The van der Waals surface area contributed by atoms with Crippen LogP contribution in [0, 0.1) is 11.6 Å². The molecule has 98 valence electrons. The van der Waals surface area contributed by atoms with Crippen LogP contribution in [0.25, 0.3) is 0 Å². The first kappa shape index (κ1) is 12.8. The fourth-order valence-electron chi connectivity index (χ4n) is 2.62. The molecule has 0 bridgehead atoms. The molecule has 18 heavy (non-hydrogen) atoms. The van der Waals surface area contributed by atoms with Crippen LogP contribution in [0.1, 0.15) is 38.3 Å². The fraction of sp³-hybridized carbons (Fsp3) is 0.462. The van der Waals surface area contributed by atoms with Gasteiger partial charge in [-0.15, -0.1) is 0 Å². The van der Waals surface area contributed by atoms with E-state index >= 15 is 0 Å². The Hall–Kier alpha value is -1.65. The Morgan fingerprint density at radius 3 is 2.72 bits per heavy atom.